The molecule has 148 valence electrons. The largest absolute Gasteiger partial charge is 0.489 e. The normalized spacial score (nSPS) is 17.5. The minimum atomic E-state index is 0.494. The summed E-state index contributed by atoms with van der Waals surface area (Å²) in [5.74, 6) is 1.24. The van der Waals surface area contributed by atoms with Crippen LogP contribution in [0.15, 0.2) is 17.2 Å². The highest BCUT2D eigenvalue weighted by atomic mass is 35.5. The smallest absolute Gasteiger partial charge is 0.186 e. The zero-order chi connectivity index (χ0) is 18.9. The van der Waals surface area contributed by atoms with Gasteiger partial charge in [-0.15, -0.1) is 0 Å². The highest BCUT2D eigenvalue weighted by Gasteiger charge is 2.15. The van der Waals surface area contributed by atoms with E-state index in [4.69, 9.17) is 38.0 Å². The number of halogens is 1. The second-order valence-corrected chi connectivity index (χ2v) is 7.13. The van der Waals surface area contributed by atoms with Gasteiger partial charge < -0.3 is 19.5 Å². The van der Waals surface area contributed by atoms with E-state index >= 15 is 0 Å². The fourth-order valence-corrected chi connectivity index (χ4v) is 3.29. The monoisotopic (exact) mass is 412 g/mol. The number of hydrazone groups is 1. The van der Waals surface area contributed by atoms with E-state index in [0.717, 1.165) is 57.8 Å². The summed E-state index contributed by atoms with van der Waals surface area (Å²) >= 11 is 11.5. The molecule has 2 aliphatic rings. The molecule has 1 fully saturated rings. The standard InChI is InChI=1S/C18H25ClN4O3S/c19-15-11-14(12-16-17(15)26-8-2-7-25-16)13-21-22-18(27)20-3-1-4-23-5-9-24-10-6-23/h11-13H,1-10H2,(H2,20,22,27)/b21-13-. The second kappa shape index (κ2) is 10.7. The lowest BCUT2D eigenvalue weighted by molar-refractivity contribution is 0.0376. The van der Waals surface area contributed by atoms with Crippen LogP contribution in [0.1, 0.15) is 18.4 Å². The van der Waals surface area contributed by atoms with Crippen molar-refractivity contribution in [2.75, 3.05) is 52.6 Å². The first-order chi connectivity index (χ1) is 13.2. The Hall–Kier alpha value is -1.61. The third-order valence-corrected chi connectivity index (χ3v) is 4.76. The highest BCUT2D eigenvalue weighted by Crippen LogP contribution is 2.37. The summed E-state index contributed by atoms with van der Waals surface area (Å²) < 4.78 is 16.6. The molecule has 2 aliphatic heterocycles. The van der Waals surface area contributed by atoms with Gasteiger partial charge in [0.2, 0.25) is 0 Å². The molecule has 27 heavy (non-hydrogen) atoms. The zero-order valence-corrected chi connectivity index (χ0v) is 16.8. The predicted octanol–water partition coefficient (Wildman–Crippen LogP) is 2.02. The number of ether oxygens (including phenoxy) is 3. The second-order valence-electron chi connectivity index (χ2n) is 6.31. The van der Waals surface area contributed by atoms with Crippen molar-refractivity contribution in [3.63, 3.8) is 0 Å². The quantitative estimate of drug-likeness (QED) is 0.320. The number of morpholine rings is 1. The van der Waals surface area contributed by atoms with Crippen LogP contribution in [-0.2, 0) is 4.74 Å². The summed E-state index contributed by atoms with van der Waals surface area (Å²) in [4.78, 5) is 2.40. The molecule has 0 aromatic heterocycles. The Bertz CT molecular complexity index is 668. The first-order valence-electron chi connectivity index (χ1n) is 9.18. The molecule has 7 nitrogen and oxygen atoms in total. The summed E-state index contributed by atoms with van der Waals surface area (Å²) in [7, 11) is 0. The van der Waals surface area contributed by atoms with Gasteiger partial charge in [0.15, 0.2) is 16.6 Å². The van der Waals surface area contributed by atoms with Gasteiger partial charge in [-0.1, -0.05) is 11.6 Å². The SMILES string of the molecule is S=C(NCCCN1CCOCC1)N/N=C\c1cc(Cl)c2c(c1)OCCCO2. The van der Waals surface area contributed by atoms with Crippen LogP contribution in [-0.4, -0.2) is 68.8 Å². The van der Waals surface area contributed by atoms with Crippen molar-refractivity contribution >= 4 is 35.1 Å². The van der Waals surface area contributed by atoms with Crippen molar-refractivity contribution in [1.82, 2.24) is 15.6 Å². The molecule has 0 amide bonds. The fourth-order valence-electron chi connectivity index (χ4n) is 2.86. The van der Waals surface area contributed by atoms with Gasteiger partial charge >= 0.3 is 0 Å². The van der Waals surface area contributed by atoms with Crippen molar-refractivity contribution < 1.29 is 14.2 Å². The molecule has 2 N–H and O–H groups in total. The number of rotatable bonds is 6. The van der Waals surface area contributed by atoms with Crippen LogP contribution in [0.25, 0.3) is 0 Å². The Morgan fingerprint density at radius 3 is 2.89 bits per heavy atom. The highest BCUT2D eigenvalue weighted by molar-refractivity contribution is 7.80. The molecule has 0 unspecified atom stereocenters. The van der Waals surface area contributed by atoms with Crippen molar-refractivity contribution in [2.45, 2.75) is 12.8 Å². The summed E-state index contributed by atoms with van der Waals surface area (Å²) in [6.45, 7) is 6.72. The van der Waals surface area contributed by atoms with Crippen LogP contribution >= 0.6 is 23.8 Å². The maximum atomic E-state index is 6.27. The maximum Gasteiger partial charge on any atom is 0.186 e. The first kappa shape index (κ1) is 20.1. The molecular formula is C18H25ClN4O3S. The van der Waals surface area contributed by atoms with Gasteiger partial charge in [0.1, 0.15) is 0 Å². The van der Waals surface area contributed by atoms with Gasteiger partial charge in [0.05, 0.1) is 37.7 Å². The van der Waals surface area contributed by atoms with Crippen LogP contribution < -0.4 is 20.2 Å². The number of hydrogen-bond donors (Lipinski definition) is 2. The summed E-state index contributed by atoms with van der Waals surface area (Å²) in [6, 6.07) is 3.65. The van der Waals surface area contributed by atoms with E-state index in [1.165, 1.54) is 0 Å². The van der Waals surface area contributed by atoms with E-state index in [9.17, 15) is 0 Å². The number of benzene rings is 1. The molecule has 9 heteroatoms. The lowest BCUT2D eigenvalue weighted by Crippen LogP contribution is -2.39. The van der Waals surface area contributed by atoms with Gasteiger partial charge in [-0.2, -0.15) is 5.10 Å². The van der Waals surface area contributed by atoms with Gasteiger partial charge in [0, 0.05) is 26.1 Å². The Morgan fingerprint density at radius 2 is 2.04 bits per heavy atom. The topological polar surface area (TPSA) is 67.4 Å². The molecule has 0 radical (unpaired) electrons. The van der Waals surface area contributed by atoms with E-state index in [0.29, 0.717) is 34.8 Å². The van der Waals surface area contributed by atoms with Gasteiger partial charge in [-0.25, -0.2) is 0 Å². The van der Waals surface area contributed by atoms with Crippen molar-refractivity contribution in [2.24, 2.45) is 5.10 Å². The van der Waals surface area contributed by atoms with Gasteiger partial charge in [-0.3, -0.25) is 10.3 Å². The first-order valence-corrected chi connectivity index (χ1v) is 9.97. The van der Waals surface area contributed by atoms with Crippen molar-refractivity contribution in [1.29, 1.82) is 0 Å². The molecule has 0 bridgehead atoms. The van der Waals surface area contributed by atoms with Crippen LogP contribution in [0.3, 0.4) is 0 Å². The Morgan fingerprint density at radius 1 is 1.22 bits per heavy atom. The Balaban J connectivity index is 1.40. The number of nitrogens with one attached hydrogen (secondary N) is 2. The third kappa shape index (κ3) is 6.49. The average molecular weight is 413 g/mol. The minimum absolute atomic E-state index is 0.494. The average Bonchev–Trinajstić information content (AvgIpc) is 2.92. The number of hydrogen-bond acceptors (Lipinski definition) is 6. The lowest BCUT2D eigenvalue weighted by Gasteiger charge is -2.26. The van der Waals surface area contributed by atoms with Crippen molar-refractivity contribution in [3.8, 4) is 11.5 Å². The van der Waals surface area contributed by atoms with Crippen LogP contribution in [0.5, 0.6) is 11.5 Å². The number of fused-ring (bicyclic) bond motifs is 1. The molecular weight excluding hydrogens is 388 g/mol. The maximum absolute atomic E-state index is 6.27. The molecule has 0 saturated carbocycles. The molecule has 2 heterocycles. The van der Waals surface area contributed by atoms with Crippen LogP contribution in [0, 0.1) is 0 Å². The van der Waals surface area contributed by atoms with E-state index in [1.807, 2.05) is 6.07 Å². The molecule has 0 atom stereocenters. The molecule has 0 aliphatic carbocycles. The molecule has 1 saturated heterocycles. The zero-order valence-electron chi connectivity index (χ0n) is 15.2. The van der Waals surface area contributed by atoms with Gasteiger partial charge in [0.25, 0.3) is 0 Å². The van der Waals surface area contributed by atoms with E-state index in [1.54, 1.807) is 12.3 Å². The van der Waals surface area contributed by atoms with Crippen LogP contribution in [0.4, 0.5) is 0 Å². The Labute approximate surface area is 170 Å². The molecule has 1 aromatic carbocycles. The minimum Gasteiger partial charge on any atom is -0.489 e. The molecule has 0 spiro atoms. The summed E-state index contributed by atoms with van der Waals surface area (Å²) in [6.07, 6.45) is 3.51. The third-order valence-electron chi connectivity index (χ3n) is 4.24. The number of thiocarbonyl (C=S) groups is 1. The van der Waals surface area contributed by atoms with Crippen molar-refractivity contribution in [3.05, 3.63) is 22.7 Å². The van der Waals surface area contributed by atoms with E-state index < -0.39 is 0 Å². The number of nitrogens with zero attached hydrogens (tertiary/aromatic N) is 2. The van der Waals surface area contributed by atoms with E-state index in [2.05, 4.69) is 20.7 Å². The van der Waals surface area contributed by atoms with E-state index in [-0.39, 0.29) is 0 Å². The summed E-state index contributed by atoms with van der Waals surface area (Å²) in [5, 5.41) is 8.33. The predicted molar refractivity (Wildman–Crippen MR) is 110 cm³/mol. The fraction of sp³-hybridized carbons (Fsp3) is 0.556. The summed E-state index contributed by atoms with van der Waals surface area (Å²) in [5.41, 5.74) is 3.63. The van der Waals surface area contributed by atoms with Gasteiger partial charge in [-0.05, 0) is 42.9 Å². The Kier molecular flexibility index (Phi) is 7.94. The molecule has 3 rings (SSSR count). The van der Waals surface area contributed by atoms with Crippen LogP contribution in [0.2, 0.25) is 5.02 Å². The lowest BCUT2D eigenvalue weighted by atomic mass is 10.2. The molecule has 1 aromatic rings.